The van der Waals surface area contributed by atoms with Crippen LogP contribution >= 0.6 is 0 Å². The molecule has 1 unspecified atom stereocenters. The highest BCUT2D eigenvalue weighted by molar-refractivity contribution is 5.17. The van der Waals surface area contributed by atoms with Gasteiger partial charge in [0.25, 0.3) is 0 Å². The average Bonchev–Trinajstić information content (AvgIpc) is 2.38. The second kappa shape index (κ2) is 5.45. The summed E-state index contributed by atoms with van der Waals surface area (Å²) < 4.78 is 5.58. The van der Waals surface area contributed by atoms with E-state index in [-0.39, 0.29) is 7.65 Å². The lowest BCUT2D eigenvalue weighted by molar-refractivity contribution is 0.0441. The Morgan fingerprint density at radius 2 is 1.81 bits per heavy atom. The summed E-state index contributed by atoms with van der Waals surface area (Å²) in [4.78, 5) is 0. The van der Waals surface area contributed by atoms with Gasteiger partial charge in [-0.05, 0) is 17.2 Å². The van der Waals surface area contributed by atoms with Gasteiger partial charge in [-0.25, -0.2) is 0 Å². The van der Waals surface area contributed by atoms with E-state index in [1.807, 2.05) is 54.6 Å². The van der Waals surface area contributed by atoms with Crippen molar-refractivity contribution in [1.29, 1.82) is 0 Å². The molecule has 1 atom stereocenters. The van der Waals surface area contributed by atoms with Gasteiger partial charge in [0.1, 0.15) is 6.23 Å². The first kappa shape index (κ1) is 10.9. The Bertz CT molecular complexity index is 419. The third-order valence-corrected chi connectivity index (χ3v) is 2.34. The molecule has 0 spiro atoms. The molecule has 0 aliphatic carbocycles. The highest BCUT2D eigenvalue weighted by Crippen LogP contribution is 2.13. The van der Waals surface area contributed by atoms with Gasteiger partial charge in [-0.3, -0.25) is 0 Å². The molecule has 0 amide bonds. The predicted octanol–water partition coefficient (Wildman–Crippen LogP) is 2.77. The van der Waals surface area contributed by atoms with Crippen LogP contribution in [0, 0.1) is 6.07 Å². The maximum absolute atomic E-state index is 5.91. The van der Waals surface area contributed by atoms with Gasteiger partial charge in [-0.1, -0.05) is 54.6 Å². The molecule has 0 aliphatic rings. The minimum absolute atomic E-state index is 0. The minimum Gasteiger partial charge on any atom is -0.355 e. The number of rotatable bonds is 4. The SMILES string of the molecule is NC(OCc1ccccc1)c1cc[c]cc1.[H+]. The maximum atomic E-state index is 5.91. The maximum Gasteiger partial charge on any atom is 1.00 e. The molecule has 2 aromatic carbocycles. The number of nitrogens with two attached hydrogens (primary N) is 1. The molecule has 0 heterocycles. The van der Waals surface area contributed by atoms with Crippen LogP contribution in [0.3, 0.4) is 0 Å². The van der Waals surface area contributed by atoms with Crippen LogP contribution < -0.4 is 5.73 Å². The zero-order valence-corrected chi connectivity index (χ0v) is 8.97. The zero-order valence-electron chi connectivity index (χ0n) is 9.97. The van der Waals surface area contributed by atoms with Crippen LogP contribution in [-0.2, 0) is 11.3 Å². The monoisotopic (exact) mass is 213 g/mol. The average molecular weight is 213 g/mol. The fourth-order valence-corrected chi connectivity index (χ4v) is 1.45. The highest BCUT2D eigenvalue weighted by atomic mass is 16.5. The quantitative estimate of drug-likeness (QED) is 0.792. The van der Waals surface area contributed by atoms with Crippen molar-refractivity contribution in [3.05, 3.63) is 71.8 Å². The van der Waals surface area contributed by atoms with Crippen molar-refractivity contribution < 1.29 is 6.16 Å². The van der Waals surface area contributed by atoms with E-state index < -0.39 is 0 Å². The van der Waals surface area contributed by atoms with Crippen molar-refractivity contribution in [2.24, 2.45) is 5.73 Å². The first-order valence-electron chi connectivity index (χ1n) is 5.23. The van der Waals surface area contributed by atoms with Gasteiger partial charge in [0, 0.05) is 0 Å². The van der Waals surface area contributed by atoms with E-state index in [1.54, 1.807) is 0 Å². The predicted molar refractivity (Wildman–Crippen MR) is 64.5 cm³/mol. The lowest BCUT2D eigenvalue weighted by Gasteiger charge is -2.13. The molecule has 0 aromatic heterocycles. The van der Waals surface area contributed by atoms with Crippen LogP contribution in [0.25, 0.3) is 0 Å². The van der Waals surface area contributed by atoms with Crippen LogP contribution in [0.1, 0.15) is 18.8 Å². The van der Waals surface area contributed by atoms with Gasteiger partial charge in [0.05, 0.1) is 6.61 Å². The van der Waals surface area contributed by atoms with Crippen molar-refractivity contribution in [1.82, 2.24) is 0 Å². The molecule has 0 saturated carbocycles. The second-order valence-corrected chi connectivity index (χ2v) is 3.55. The van der Waals surface area contributed by atoms with Crippen LogP contribution in [0.5, 0.6) is 0 Å². The van der Waals surface area contributed by atoms with Gasteiger partial charge in [-0.2, -0.15) is 0 Å². The molecule has 0 aliphatic heterocycles. The van der Waals surface area contributed by atoms with Crippen molar-refractivity contribution in [3.63, 3.8) is 0 Å². The van der Waals surface area contributed by atoms with Crippen molar-refractivity contribution in [2.75, 3.05) is 0 Å². The Morgan fingerprint density at radius 3 is 2.50 bits per heavy atom. The molecule has 16 heavy (non-hydrogen) atoms. The molecule has 0 fully saturated rings. The molecule has 1 radical (unpaired) electrons. The lowest BCUT2D eigenvalue weighted by Crippen LogP contribution is -2.14. The molecule has 0 bridgehead atoms. The Hall–Kier alpha value is -1.64. The third-order valence-electron chi connectivity index (χ3n) is 2.34. The molecule has 2 heteroatoms. The smallest absolute Gasteiger partial charge is 0.355 e. The molecule has 81 valence electrons. The highest BCUT2D eigenvalue weighted by Gasteiger charge is 2.04. The van der Waals surface area contributed by atoms with E-state index in [0.717, 1.165) is 11.1 Å². The van der Waals surface area contributed by atoms with Gasteiger partial charge in [-0.15, -0.1) is 0 Å². The molecule has 2 N–H and O–H groups in total. The van der Waals surface area contributed by atoms with Crippen molar-refractivity contribution in [3.8, 4) is 0 Å². The normalized spacial score (nSPS) is 12.3. The summed E-state index contributed by atoms with van der Waals surface area (Å²) in [6.45, 7) is 0.528. The molecule has 2 aromatic rings. The zero-order chi connectivity index (χ0) is 11.2. The van der Waals surface area contributed by atoms with Crippen LogP contribution in [-0.4, -0.2) is 0 Å². The van der Waals surface area contributed by atoms with E-state index in [1.165, 1.54) is 0 Å². The molecular formula is C14H15NO+. The van der Waals surface area contributed by atoms with Crippen molar-refractivity contribution in [2.45, 2.75) is 12.8 Å². The number of hydrogen-bond donors (Lipinski definition) is 1. The minimum atomic E-state index is -0.380. The van der Waals surface area contributed by atoms with Crippen LogP contribution in [0.2, 0.25) is 0 Å². The Labute approximate surface area is 97.2 Å². The van der Waals surface area contributed by atoms with E-state index in [4.69, 9.17) is 10.5 Å². The summed E-state index contributed by atoms with van der Waals surface area (Å²) in [7, 11) is 0. The summed E-state index contributed by atoms with van der Waals surface area (Å²) in [6.07, 6.45) is -0.380. The largest absolute Gasteiger partial charge is 1.00 e. The molecule has 0 saturated heterocycles. The van der Waals surface area contributed by atoms with Gasteiger partial charge >= 0.3 is 1.43 Å². The summed E-state index contributed by atoms with van der Waals surface area (Å²) in [5.74, 6) is 0. The summed E-state index contributed by atoms with van der Waals surface area (Å²) >= 11 is 0. The summed E-state index contributed by atoms with van der Waals surface area (Å²) in [6, 6.07) is 20.4. The Balaban J connectivity index is 0.00000144. The third kappa shape index (κ3) is 2.92. The van der Waals surface area contributed by atoms with Crippen molar-refractivity contribution >= 4 is 0 Å². The summed E-state index contributed by atoms with van der Waals surface area (Å²) in [5.41, 5.74) is 8.00. The first-order valence-corrected chi connectivity index (χ1v) is 5.23. The van der Waals surface area contributed by atoms with Gasteiger partial charge in [0.2, 0.25) is 0 Å². The lowest BCUT2D eigenvalue weighted by atomic mass is 10.2. The van der Waals surface area contributed by atoms with Crippen LogP contribution in [0.15, 0.2) is 54.6 Å². The number of hydrogen-bond acceptors (Lipinski definition) is 2. The van der Waals surface area contributed by atoms with E-state index in [0.29, 0.717) is 6.61 Å². The second-order valence-electron chi connectivity index (χ2n) is 3.55. The molecule has 2 nitrogen and oxygen atoms in total. The standard InChI is InChI=1S/C14H14NO/c15-14(13-9-5-2-6-10-13)16-11-12-7-3-1-4-8-12/h1,3-10,14H,11,15H2/p+1. The fraction of sp³-hybridized carbons (Fsp3) is 0.143. The fourth-order valence-electron chi connectivity index (χ4n) is 1.45. The Morgan fingerprint density at radius 1 is 1.12 bits per heavy atom. The summed E-state index contributed by atoms with van der Waals surface area (Å²) in [5, 5.41) is 0. The number of benzene rings is 2. The Kier molecular flexibility index (Phi) is 3.70. The van der Waals surface area contributed by atoms with Crippen LogP contribution in [0.4, 0.5) is 0 Å². The first-order chi connectivity index (χ1) is 7.86. The topological polar surface area (TPSA) is 35.2 Å². The van der Waals surface area contributed by atoms with Gasteiger partial charge < -0.3 is 10.5 Å². The van der Waals surface area contributed by atoms with E-state index >= 15 is 0 Å². The van der Waals surface area contributed by atoms with E-state index in [9.17, 15) is 0 Å². The van der Waals surface area contributed by atoms with E-state index in [2.05, 4.69) is 6.07 Å². The molecule has 2 rings (SSSR count). The molecular weight excluding hydrogens is 198 g/mol. The van der Waals surface area contributed by atoms with Gasteiger partial charge in [0.15, 0.2) is 0 Å². The number of ether oxygens (including phenoxy) is 1.